The first-order valence-electron chi connectivity index (χ1n) is 4.81. The minimum Gasteiger partial charge on any atom is -0.437 e. The molecule has 0 radical (unpaired) electrons. The fourth-order valence-electron chi connectivity index (χ4n) is 1.24. The molecule has 0 aliphatic heterocycles. The Kier molecular flexibility index (Phi) is 2.72. The maximum Gasteiger partial charge on any atom is 0.242 e. The van der Waals surface area contributed by atoms with Gasteiger partial charge >= 0.3 is 0 Å². The Labute approximate surface area is 92.7 Å². The van der Waals surface area contributed by atoms with Crippen molar-refractivity contribution >= 4 is 5.69 Å². The minimum atomic E-state index is -0.308. The number of pyridine rings is 1. The molecule has 2 N–H and O–H groups in total. The Hall–Kier alpha value is -2.10. The third-order valence-electron chi connectivity index (χ3n) is 2.20. The van der Waals surface area contributed by atoms with Crippen LogP contribution in [0.4, 0.5) is 10.1 Å². The maximum absolute atomic E-state index is 12.7. The number of ether oxygens (including phenoxy) is 1. The van der Waals surface area contributed by atoms with Gasteiger partial charge in [0.1, 0.15) is 11.6 Å². The van der Waals surface area contributed by atoms with Crippen LogP contribution in [-0.4, -0.2) is 4.98 Å². The van der Waals surface area contributed by atoms with Crippen LogP contribution in [0.3, 0.4) is 0 Å². The van der Waals surface area contributed by atoms with Gasteiger partial charge in [-0.2, -0.15) is 0 Å². The van der Waals surface area contributed by atoms with Gasteiger partial charge in [0.15, 0.2) is 0 Å². The Morgan fingerprint density at radius 3 is 2.56 bits per heavy atom. The van der Waals surface area contributed by atoms with Crippen LogP contribution in [0.5, 0.6) is 11.6 Å². The lowest BCUT2D eigenvalue weighted by molar-refractivity contribution is 0.463. The SMILES string of the molecule is Cc1ccnc(Oc2ccc(F)cc2)c1N. The number of hydrogen-bond donors (Lipinski definition) is 1. The van der Waals surface area contributed by atoms with Gasteiger partial charge in [-0.15, -0.1) is 0 Å². The largest absolute Gasteiger partial charge is 0.437 e. The zero-order valence-electron chi connectivity index (χ0n) is 8.77. The van der Waals surface area contributed by atoms with Gasteiger partial charge in [-0.3, -0.25) is 0 Å². The van der Waals surface area contributed by atoms with Crippen LogP contribution >= 0.6 is 0 Å². The molecule has 3 nitrogen and oxygen atoms in total. The van der Waals surface area contributed by atoms with E-state index in [1.54, 1.807) is 12.3 Å². The van der Waals surface area contributed by atoms with Crippen molar-refractivity contribution in [1.82, 2.24) is 4.98 Å². The second-order valence-corrected chi connectivity index (χ2v) is 3.40. The average molecular weight is 218 g/mol. The number of benzene rings is 1. The zero-order valence-corrected chi connectivity index (χ0v) is 8.77. The van der Waals surface area contributed by atoms with Gasteiger partial charge in [0.2, 0.25) is 5.88 Å². The minimum absolute atomic E-state index is 0.308. The summed E-state index contributed by atoms with van der Waals surface area (Å²) in [5, 5.41) is 0. The zero-order chi connectivity index (χ0) is 11.5. The summed E-state index contributed by atoms with van der Waals surface area (Å²) >= 11 is 0. The normalized spacial score (nSPS) is 10.1. The maximum atomic E-state index is 12.7. The number of halogens is 1. The molecular formula is C12H11FN2O. The van der Waals surface area contributed by atoms with Crippen LogP contribution in [0, 0.1) is 12.7 Å². The van der Waals surface area contributed by atoms with Crippen LogP contribution in [-0.2, 0) is 0 Å². The quantitative estimate of drug-likeness (QED) is 0.843. The highest BCUT2D eigenvalue weighted by molar-refractivity contribution is 5.54. The van der Waals surface area contributed by atoms with Crippen molar-refractivity contribution in [3.05, 3.63) is 47.9 Å². The summed E-state index contributed by atoms with van der Waals surface area (Å²) < 4.78 is 18.1. The summed E-state index contributed by atoms with van der Waals surface area (Å²) in [6.07, 6.45) is 1.62. The molecular weight excluding hydrogens is 207 g/mol. The molecule has 16 heavy (non-hydrogen) atoms. The lowest BCUT2D eigenvalue weighted by Gasteiger charge is -2.08. The number of nitrogens with two attached hydrogens (primary N) is 1. The molecule has 0 atom stereocenters. The van der Waals surface area contributed by atoms with E-state index in [2.05, 4.69) is 4.98 Å². The molecule has 82 valence electrons. The second-order valence-electron chi connectivity index (χ2n) is 3.40. The molecule has 2 aromatic rings. The standard InChI is InChI=1S/C12H11FN2O/c1-8-6-7-15-12(11(8)14)16-10-4-2-9(13)3-5-10/h2-7H,14H2,1H3. The van der Waals surface area contributed by atoms with Gasteiger partial charge in [-0.1, -0.05) is 0 Å². The fraction of sp³-hybridized carbons (Fsp3) is 0.0833. The van der Waals surface area contributed by atoms with Crippen LogP contribution in [0.1, 0.15) is 5.56 Å². The number of aromatic nitrogens is 1. The Morgan fingerprint density at radius 2 is 1.88 bits per heavy atom. The van der Waals surface area contributed by atoms with Gasteiger partial charge in [0.25, 0.3) is 0 Å². The molecule has 0 saturated heterocycles. The number of nitrogens with zero attached hydrogens (tertiary/aromatic N) is 1. The molecule has 0 aliphatic rings. The predicted octanol–water partition coefficient (Wildman–Crippen LogP) is 2.90. The van der Waals surface area contributed by atoms with Crippen molar-refractivity contribution in [3.63, 3.8) is 0 Å². The van der Waals surface area contributed by atoms with E-state index < -0.39 is 0 Å². The predicted molar refractivity (Wildman–Crippen MR) is 59.9 cm³/mol. The lowest BCUT2D eigenvalue weighted by atomic mass is 10.2. The smallest absolute Gasteiger partial charge is 0.242 e. The van der Waals surface area contributed by atoms with Gasteiger partial charge in [-0.25, -0.2) is 9.37 Å². The van der Waals surface area contributed by atoms with E-state index in [1.165, 1.54) is 24.3 Å². The molecule has 0 fully saturated rings. The highest BCUT2D eigenvalue weighted by Crippen LogP contribution is 2.26. The Bertz CT molecular complexity index is 497. The molecule has 4 heteroatoms. The van der Waals surface area contributed by atoms with Crippen molar-refractivity contribution in [1.29, 1.82) is 0 Å². The molecule has 0 aliphatic carbocycles. The van der Waals surface area contributed by atoms with Gasteiger partial charge in [-0.05, 0) is 42.8 Å². The Balaban J connectivity index is 2.27. The summed E-state index contributed by atoms with van der Waals surface area (Å²) in [5.74, 6) is 0.537. The van der Waals surface area contributed by atoms with Crippen molar-refractivity contribution < 1.29 is 9.13 Å². The highest BCUT2D eigenvalue weighted by Gasteiger charge is 2.05. The summed E-state index contributed by atoms with van der Waals surface area (Å²) in [7, 11) is 0. The summed E-state index contributed by atoms with van der Waals surface area (Å²) in [5.41, 5.74) is 7.19. The Morgan fingerprint density at radius 1 is 1.19 bits per heavy atom. The van der Waals surface area contributed by atoms with Gasteiger partial charge in [0, 0.05) is 6.20 Å². The lowest BCUT2D eigenvalue weighted by Crippen LogP contribution is -1.97. The first-order chi connectivity index (χ1) is 7.66. The van der Waals surface area contributed by atoms with E-state index in [9.17, 15) is 4.39 Å². The van der Waals surface area contributed by atoms with E-state index in [-0.39, 0.29) is 5.82 Å². The van der Waals surface area contributed by atoms with Crippen molar-refractivity contribution in [2.24, 2.45) is 0 Å². The first-order valence-corrected chi connectivity index (χ1v) is 4.81. The van der Waals surface area contributed by atoms with Crippen LogP contribution in [0.15, 0.2) is 36.5 Å². The van der Waals surface area contributed by atoms with E-state index in [0.717, 1.165) is 5.56 Å². The third kappa shape index (κ3) is 2.11. The third-order valence-corrected chi connectivity index (χ3v) is 2.20. The van der Waals surface area contributed by atoms with Crippen molar-refractivity contribution in [3.8, 4) is 11.6 Å². The number of anilines is 1. The fourth-order valence-corrected chi connectivity index (χ4v) is 1.24. The number of nitrogen functional groups attached to an aromatic ring is 1. The number of aryl methyl sites for hydroxylation is 1. The van der Waals surface area contributed by atoms with Gasteiger partial charge in [0.05, 0.1) is 5.69 Å². The topological polar surface area (TPSA) is 48.1 Å². The number of rotatable bonds is 2. The number of hydrogen-bond acceptors (Lipinski definition) is 3. The first kappa shape index (κ1) is 10.4. The van der Waals surface area contributed by atoms with Crippen LogP contribution in [0.2, 0.25) is 0 Å². The van der Waals surface area contributed by atoms with E-state index in [1.807, 2.05) is 6.92 Å². The van der Waals surface area contributed by atoms with Crippen molar-refractivity contribution in [2.75, 3.05) is 5.73 Å². The highest BCUT2D eigenvalue weighted by atomic mass is 19.1. The molecule has 1 aromatic heterocycles. The monoisotopic (exact) mass is 218 g/mol. The molecule has 0 saturated carbocycles. The molecule has 2 rings (SSSR count). The molecule has 0 spiro atoms. The summed E-state index contributed by atoms with van der Waals surface area (Å²) in [6.45, 7) is 1.87. The van der Waals surface area contributed by atoms with Gasteiger partial charge < -0.3 is 10.5 Å². The van der Waals surface area contributed by atoms with E-state index in [0.29, 0.717) is 17.3 Å². The summed E-state index contributed by atoms with van der Waals surface area (Å²) in [6, 6.07) is 7.49. The second kappa shape index (κ2) is 4.18. The van der Waals surface area contributed by atoms with E-state index in [4.69, 9.17) is 10.5 Å². The molecule has 0 bridgehead atoms. The summed E-state index contributed by atoms with van der Waals surface area (Å²) in [4.78, 5) is 4.02. The molecule has 1 aromatic carbocycles. The van der Waals surface area contributed by atoms with Crippen molar-refractivity contribution in [2.45, 2.75) is 6.92 Å². The molecule has 1 heterocycles. The molecule has 0 amide bonds. The average Bonchev–Trinajstić information content (AvgIpc) is 2.28. The molecule has 0 unspecified atom stereocenters. The van der Waals surface area contributed by atoms with Crippen LogP contribution in [0.25, 0.3) is 0 Å². The van der Waals surface area contributed by atoms with Crippen LogP contribution < -0.4 is 10.5 Å². The van der Waals surface area contributed by atoms with E-state index >= 15 is 0 Å².